The molecule has 1 saturated heterocycles. The molecule has 1 aromatic carbocycles. The fourth-order valence-corrected chi connectivity index (χ4v) is 3.89. The third-order valence-electron chi connectivity index (χ3n) is 4.98. The molecule has 1 amide bonds. The molecule has 0 aromatic heterocycles. The molecule has 1 aliphatic rings. The van der Waals surface area contributed by atoms with Crippen molar-refractivity contribution in [1.82, 2.24) is 4.90 Å². The predicted octanol–water partition coefficient (Wildman–Crippen LogP) is 4.17. The van der Waals surface area contributed by atoms with Crippen molar-refractivity contribution in [3.05, 3.63) is 35.6 Å². The number of aliphatic hydroxyl groups is 1. The molecule has 0 radical (unpaired) electrons. The minimum absolute atomic E-state index is 0.118. The highest BCUT2D eigenvalue weighted by atomic mass is 19.1. The van der Waals surface area contributed by atoms with E-state index in [0.717, 1.165) is 24.8 Å². The molecule has 1 atom stereocenters. The first kappa shape index (κ1) is 18.9. The Labute approximate surface area is 144 Å². The van der Waals surface area contributed by atoms with Crippen molar-refractivity contribution in [2.75, 3.05) is 13.1 Å². The van der Waals surface area contributed by atoms with Gasteiger partial charge in [-0.3, -0.25) is 4.79 Å². The van der Waals surface area contributed by atoms with Crippen molar-refractivity contribution in [2.24, 2.45) is 17.3 Å². The minimum atomic E-state index is -0.591. The summed E-state index contributed by atoms with van der Waals surface area (Å²) in [5, 5.41) is 10.5. The number of rotatable bonds is 5. The summed E-state index contributed by atoms with van der Waals surface area (Å²) in [5.74, 6) is 0.527. The molecule has 4 heteroatoms. The Bertz CT molecular complexity index is 545. The van der Waals surface area contributed by atoms with Gasteiger partial charge in [-0.25, -0.2) is 4.39 Å². The first-order valence-electron chi connectivity index (χ1n) is 8.93. The zero-order valence-corrected chi connectivity index (χ0v) is 15.3. The largest absolute Gasteiger partial charge is 0.388 e. The van der Waals surface area contributed by atoms with Gasteiger partial charge in [-0.05, 0) is 48.8 Å². The molecular formula is C20H30FNO2. The highest BCUT2D eigenvalue weighted by Crippen LogP contribution is 2.34. The lowest BCUT2D eigenvalue weighted by atomic mass is 9.81. The maximum absolute atomic E-state index is 13.0. The summed E-state index contributed by atoms with van der Waals surface area (Å²) >= 11 is 0. The Morgan fingerprint density at radius 2 is 1.79 bits per heavy atom. The topological polar surface area (TPSA) is 40.5 Å². The molecule has 24 heavy (non-hydrogen) atoms. The van der Waals surface area contributed by atoms with E-state index < -0.39 is 6.10 Å². The van der Waals surface area contributed by atoms with Crippen LogP contribution < -0.4 is 0 Å². The average molecular weight is 335 g/mol. The number of halogens is 1. The number of likely N-dealkylation sites (tertiary alicyclic amines) is 1. The van der Waals surface area contributed by atoms with Crippen LogP contribution in [-0.2, 0) is 4.79 Å². The van der Waals surface area contributed by atoms with Crippen LogP contribution in [-0.4, -0.2) is 29.0 Å². The number of aliphatic hydroxyl groups excluding tert-OH is 1. The molecular weight excluding hydrogens is 305 g/mol. The Kier molecular flexibility index (Phi) is 6.02. The second-order valence-electron chi connectivity index (χ2n) is 8.11. The number of carbonyl (C=O) groups is 1. The molecule has 1 unspecified atom stereocenters. The van der Waals surface area contributed by atoms with Gasteiger partial charge in [0.1, 0.15) is 5.82 Å². The van der Waals surface area contributed by atoms with E-state index in [-0.39, 0.29) is 23.1 Å². The van der Waals surface area contributed by atoms with Crippen LogP contribution in [0.3, 0.4) is 0 Å². The zero-order valence-electron chi connectivity index (χ0n) is 15.3. The normalized spacial score (nSPS) is 18.0. The Balaban J connectivity index is 1.93. The van der Waals surface area contributed by atoms with Crippen LogP contribution in [0.1, 0.15) is 58.6 Å². The Morgan fingerprint density at radius 3 is 2.29 bits per heavy atom. The number of nitrogens with zero attached hydrogens (tertiary/aromatic N) is 1. The summed E-state index contributed by atoms with van der Waals surface area (Å²) in [7, 11) is 0. The molecule has 1 N–H and O–H groups in total. The highest BCUT2D eigenvalue weighted by molar-refractivity contribution is 5.82. The van der Waals surface area contributed by atoms with Crippen LogP contribution >= 0.6 is 0 Å². The average Bonchev–Trinajstić information content (AvgIpc) is 2.53. The number of carbonyl (C=O) groups excluding carboxylic acids is 1. The van der Waals surface area contributed by atoms with Gasteiger partial charge in [-0.15, -0.1) is 0 Å². The van der Waals surface area contributed by atoms with E-state index in [2.05, 4.69) is 13.8 Å². The quantitative estimate of drug-likeness (QED) is 0.877. The molecule has 2 rings (SSSR count). The van der Waals surface area contributed by atoms with E-state index in [0.29, 0.717) is 19.0 Å². The van der Waals surface area contributed by atoms with Crippen molar-refractivity contribution < 1.29 is 14.3 Å². The predicted molar refractivity (Wildman–Crippen MR) is 93.9 cm³/mol. The smallest absolute Gasteiger partial charge is 0.228 e. The van der Waals surface area contributed by atoms with Crippen molar-refractivity contribution in [2.45, 2.75) is 53.1 Å². The Morgan fingerprint density at radius 1 is 1.25 bits per heavy atom. The zero-order chi connectivity index (χ0) is 17.9. The minimum Gasteiger partial charge on any atom is -0.388 e. The maximum Gasteiger partial charge on any atom is 0.228 e. The van der Waals surface area contributed by atoms with Gasteiger partial charge in [-0.1, -0.05) is 39.8 Å². The molecule has 134 valence electrons. The molecule has 0 spiro atoms. The molecule has 0 bridgehead atoms. The molecule has 1 heterocycles. The fourth-order valence-electron chi connectivity index (χ4n) is 3.89. The summed E-state index contributed by atoms with van der Waals surface area (Å²) in [4.78, 5) is 14.7. The van der Waals surface area contributed by atoms with Crippen molar-refractivity contribution in [3.63, 3.8) is 0 Å². The number of hydrogen-bond acceptors (Lipinski definition) is 2. The molecule has 0 aliphatic carbocycles. The van der Waals surface area contributed by atoms with Gasteiger partial charge < -0.3 is 10.0 Å². The van der Waals surface area contributed by atoms with Gasteiger partial charge in [0.05, 0.1) is 6.10 Å². The van der Waals surface area contributed by atoms with Crippen molar-refractivity contribution in [3.8, 4) is 0 Å². The number of amides is 1. The standard InChI is InChI=1S/C20H30FNO2/c1-14(2)13-20(3,4)19(24)22-11-9-16(10-12-22)18(23)15-5-7-17(21)8-6-15/h5-8,14,16,18,23H,9-13H2,1-4H3. The lowest BCUT2D eigenvalue weighted by Gasteiger charge is -2.38. The summed E-state index contributed by atoms with van der Waals surface area (Å²) in [6.45, 7) is 9.69. The third kappa shape index (κ3) is 4.56. The number of piperidine rings is 1. The second-order valence-corrected chi connectivity index (χ2v) is 8.11. The third-order valence-corrected chi connectivity index (χ3v) is 4.98. The van der Waals surface area contributed by atoms with Gasteiger partial charge in [-0.2, -0.15) is 0 Å². The van der Waals surface area contributed by atoms with Crippen molar-refractivity contribution >= 4 is 5.91 Å². The van der Waals surface area contributed by atoms with Crippen LogP contribution in [0.5, 0.6) is 0 Å². The lowest BCUT2D eigenvalue weighted by Crippen LogP contribution is -2.46. The van der Waals surface area contributed by atoms with Crippen LogP contribution in [0, 0.1) is 23.1 Å². The lowest BCUT2D eigenvalue weighted by molar-refractivity contribution is -0.143. The maximum atomic E-state index is 13.0. The van der Waals surface area contributed by atoms with Crippen LogP contribution in [0.15, 0.2) is 24.3 Å². The van der Waals surface area contributed by atoms with E-state index in [4.69, 9.17) is 0 Å². The van der Waals surface area contributed by atoms with Gasteiger partial charge in [0.2, 0.25) is 5.91 Å². The van der Waals surface area contributed by atoms with E-state index in [1.807, 2.05) is 18.7 Å². The first-order valence-corrected chi connectivity index (χ1v) is 8.93. The summed E-state index contributed by atoms with van der Waals surface area (Å²) in [6.07, 6.45) is 1.85. The SMILES string of the molecule is CC(C)CC(C)(C)C(=O)N1CCC(C(O)c2ccc(F)cc2)CC1. The van der Waals surface area contributed by atoms with Crippen LogP contribution in [0.4, 0.5) is 4.39 Å². The Hall–Kier alpha value is -1.42. The van der Waals surface area contributed by atoms with Gasteiger partial charge in [0.15, 0.2) is 0 Å². The van der Waals surface area contributed by atoms with Crippen LogP contribution in [0.25, 0.3) is 0 Å². The van der Waals surface area contributed by atoms with E-state index in [1.54, 1.807) is 12.1 Å². The molecule has 1 fully saturated rings. The van der Waals surface area contributed by atoms with E-state index in [1.165, 1.54) is 12.1 Å². The number of benzene rings is 1. The molecule has 1 aromatic rings. The van der Waals surface area contributed by atoms with E-state index in [9.17, 15) is 14.3 Å². The van der Waals surface area contributed by atoms with Crippen LogP contribution in [0.2, 0.25) is 0 Å². The highest BCUT2D eigenvalue weighted by Gasteiger charge is 2.35. The van der Waals surface area contributed by atoms with Gasteiger partial charge in [0, 0.05) is 18.5 Å². The molecule has 0 saturated carbocycles. The first-order chi connectivity index (χ1) is 11.2. The van der Waals surface area contributed by atoms with E-state index >= 15 is 0 Å². The van der Waals surface area contributed by atoms with Gasteiger partial charge >= 0.3 is 0 Å². The molecule has 1 aliphatic heterocycles. The number of hydrogen-bond donors (Lipinski definition) is 1. The summed E-state index contributed by atoms with van der Waals surface area (Å²) < 4.78 is 13.0. The second kappa shape index (κ2) is 7.64. The van der Waals surface area contributed by atoms with Crippen molar-refractivity contribution in [1.29, 1.82) is 0 Å². The fraction of sp³-hybridized carbons (Fsp3) is 0.650. The van der Waals surface area contributed by atoms with Gasteiger partial charge in [0.25, 0.3) is 0 Å². The summed E-state index contributed by atoms with van der Waals surface area (Å²) in [6, 6.07) is 6.05. The summed E-state index contributed by atoms with van der Waals surface area (Å²) in [5.41, 5.74) is 0.414. The monoisotopic (exact) mass is 335 g/mol. The molecule has 3 nitrogen and oxygen atoms in total.